The number of pyridine rings is 1. The number of aliphatic carboxylic acids is 1. The van der Waals surface area contributed by atoms with Crippen molar-refractivity contribution in [1.29, 1.82) is 0 Å². The maximum absolute atomic E-state index is 13.9. The van der Waals surface area contributed by atoms with Crippen LogP contribution in [0, 0.1) is 6.92 Å². The molecule has 2 aromatic carbocycles. The summed E-state index contributed by atoms with van der Waals surface area (Å²) in [6.07, 6.45) is 5.82. The van der Waals surface area contributed by atoms with E-state index in [1.807, 2.05) is 41.6 Å². The summed E-state index contributed by atoms with van der Waals surface area (Å²) in [5, 5.41) is 11.4. The number of carbonyl (C=O) groups is 1. The number of aromatic nitrogens is 1. The van der Waals surface area contributed by atoms with Crippen LogP contribution < -0.4 is 26.2 Å². The van der Waals surface area contributed by atoms with Gasteiger partial charge in [-0.3, -0.25) is 4.79 Å². The first-order valence-electron chi connectivity index (χ1n) is 14.5. The number of aryl methyl sites for hydroxylation is 1. The average Bonchev–Trinajstić information content (AvgIpc) is 3.67. The van der Waals surface area contributed by atoms with Crippen molar-refractivity contribution in [3.8, 4) is 5.75 Å². The van der Waals surface area contributed by atoms with E-state index in [9.17, 15) is 14.1 Å². The highest BCUT2D eigenvalue weighted by Gasteiger charge is 2.36. The molecule has 0 amide bonds. The number of hydrazine groups is 1. The SMILES string of the molecule is Cc1ccc(C(CC(=O)O)c2cc(N)c(N(C)N)c(OC3CC3)c2)cc1CN1CC2CCCN2c2ncccc2S1=O. The second-order valence-electron chi connectivity index (χ2n) is 11.6. The van der Waals surface area contributed by atoms with Crippen molar-refractivity contribution >= 4 is 34.1 Å². The summed E-state index contributed by atoms with van der Waals surface area (Å²) < 4.78 is 22.1. The smallest absolute Gasteiger partial charge is 0.304 e. The molecule has 1 aromatic heterocycles. The third-order valence-electron chi connectivity index (χ3n) is 8.44. The number of benzene rings is 2. The molecule has 1 saturated carbocycles. The van der Waals surface area contributed by atoms with Crippen LogP contribution in [0.5, 0.6) is 5.75 Å². The van der Waals surface area contributed by atoms with E-state index < -0.39 is 22.9 Å². The molecule has 11 heteroatoms. The largest absolute Gasteiger partial charge is 0.488 e. The fourth-order valence-corrected chi connectivity index (χ4v) is 7.52. The summed E-state index contributed by atoms with van der Waals surface area (Å²) in [5.41, 5.74) is 11.2. The molecule has 0 radical (unpaired) electrons. The first-order chi connectivity index (χ1) is 20.2. The van der Waals surface area contributed by atoms with Crippen LogP contribution in [0.4, 0.5) is 17.2 Å². The molecule has 3 aromatic rings. The first kappa shape index (κ1) is 28.4. The summed E-state index contributed by atoms with van der Waals surface area (Å²) in [7, 11) is 0.328. The van der Waals surface area contributed by atoms with Gasteiger partial charge in [-0.25, -0.2) is 19.3 Å². The minimum Gasteiger partial charge on any atom is -0.488 e. The Morgan fingerprint density at radius 3 is 2.76 bits per heavy atom. The molecule has 10 nitrogen and oxygen atoms in total. The predicted molar refractivity (Wildman–Crippen MR) is 164 cm³/mol. The molecule has 1 aliphatic carbocycles. The first-order valence-corrected chi connectivity index (χ1v) is 15.6. The number of nitrogen functional groups attached to an aromatic ring is 1. The van der Waals surface area contributed by atoms with Gasteiger partial charge in [0.2, 0.25) is 0 Å². The fourth-order valence-electron chi connectivity index (χ4n) is 6.16. The Balaban J connectivity index is 1.35. The molecular weight excluding hydrogens is 552 g/mol. The zero-order valence-corrected chi connectivity index (χ0v) is 24.8. The number of carboxylic acids is 1. The van der Waals surface area contributed by atoms with Crippen LogP contribution in [-0.4, -0.2) is 56.9 Å². The second kappa shape index (κ2) is 11.5. The van der Waals surface area contributed by atoms with E-state index in [1.165, 1.54) is 5.01 Å². The van der Waals surface area contributed by atoms with Gasteiger partial charge in [0, 0.05) is 44.8 Å². The second-order valence-corrected chi connectivity index (χ2v) is 13.1. The highest BCUT2D eigenvalue weighted by atomic mass is 32.2. The molecule has 3 heterocycles. The molecule has 6 rings (SSSR count). The number of ether oxygens (including phenoxy) is 1. The van der Waals surface area contributed by atoms with Gasteiger partial charge in [0.25, 0.3) is 0 Å². The normalized spacial score (nSPS) is 20.9. The number of carboxylic acid groups (broad SMARTS) is 1. The van der Waals surface area contributed by atoms with Gasteiger partial charge in [0.15, 0.2) is 0 Å². The lowest BCUT2D eigenvalue weighted by atomic mass is 9.86. The maximum atomic E-state index is 13.9. The van der Waals surface area contributed by atoms with Crippen molar-refractivity contribution in [2.24, 2.45) is 5.84 Å². The summed E-state index contributed by atoms with van der Waals surface area (Å²) in [6, 6.07) is 13.7. The topological polar surface area (TPSA) is 138 Å². The van der Waals surface area contributed by atoms with Crippen LogP contribution in [0.3, 0.4) is 0 Å². The lowest BCUT2D eigenvalue weighted by Gasteiger charge is -2.27. The third kappa shape index (κ3) is 5.68. The van der Waals surface area contributed by atoms with Gasteiger partial charge < -0.3 is 25.5 Å². The van der Waals surface area contributed by atoms with Crippen LogP contribution in [0.15, 0.2) is 53.6 Å². The average molecular weight is 591 g/mol. The summed E-state index contributed by atoms with van der Waals surface area (Å²) in [4.78, 5) is 19.8. The van der Waals surface area contributed by atoms with Gasteiger partial charge in [0.1, 0.15) is 28.2 Å². The van der Waals surface area contributed by atoms with Crippen molar-refractivity contribution in [3.63, 3.8) is 0 Å². The Hall–Kier alpha value is -3.67. The van der Waals surface area contributed by atoms with Gasteiger partial charge in [-0.2, -0.15) is 0 Å². The molecule has 2 fully saturated rings. The van der Waals surface area contributed by atoms with E-state index in [-0.39, 0.29) is 18.6 Å². The van der Waals surface area contributed by atoms with Crippen LogP contribution >= 0.6 is 0 Å². The van der Waals surface area contributed by atoms with Crippen LogP contribution in [0.1, 0.15) is 60.3 Å². The van der Waals surface area contributed by atoms with Crippen LogP contribution in [0.25, 0.3) is 0 Å². The van der Waals surface area contributed by atoms with Gasteiger partial charge in [-0.1, -0.05) is 18.2 Å². The molecule has 2 aliphatic heterocycles. The van der Waals surface area contributed by atoms with Crippen molar-refractivity contribution in [2.75, 3.05) is 35.8 Å². The number of fused-ring (bicyclic) bond motifs is 3. The molecule has 0 bridgehead atoms. The van der Waals surface area contributed by atoms with Crippen molar-refractivity contribution < 1.29 is 18.8 Å². The lowest BCUT2D eigenvalue weighted by Crippen LogP contribution is -2.38. The molecule has 3 unspecified atom stereocenters. The summed E-state index contributed by atoms with van der Waals surface area (Å²) in [5.74, 6) is 6.09. The molecule has 42 heavy (non-hydrogen) atoms. The Labute approximate surface area is 248 Å². The molecule has 222 valence electrons. The highest BCUT2D eigenvalue weighted by Crippen LogP contribution is 2.42. The van der Waals surface area contributed by atoms with Crippen molar-refractivity contribution in [3.05, 3.63) is 70.9 Å². The van der Waals surface area contributed by atoms with Gasteiger partial charge in [-0.05, 0) is 79.1 Å². The number of rotatable bonds is 9. The molecule has 3 atom stereocenters. The standard InChI is InChI=1S/C31H38N6O4S/c1-19-7-8-20(25(16-29(38)39)21-14-26(32)30(35(2)33)27(15-21)41-24-9-10-24)13-22(19)17-36-18-23-5-4-12-37(23)31-28(42(36)40)6-3-11-34-31/h3,6-8,11,13-15,23-25H,4-5,9-10,12,16-18,32-33H2,1-2H3,(H,38,39). The Morgan fingerprint density at radius 1 is 1.21 bits per heavy atom. The number of anilines is 3. The molecule has 0 spiro atoms. The van der Waals surface area contributed by atoms with E-state index in [2.05, 4.69) is 16.0 Å². The predicted octanol–water partition coefficient (Wildman–Crippen LogP) is 3.94. The maximum Gasteiger partial charge on any atom is 0.304 e. The zero-order valence-electron chi connectivity index (χ0n) is 24.0. The van der Waals surface area contributed by atoms with E-state index in [4.69, 9.17) is 16.3 Å². The third-order valence-corrected chi connectivity index (χ3v) is 9.88. The van der Waals surface area contributed by atoms with Crippen molar-refractivity contribution in [2.45, 2.75) is 68.5 Å². The fraction of sp³-hybridized carbons (Fsp3) is 0.419. The number of hydrogen-bond donors (Lipinski definition) is 3. The summed E-state index contributed by atoms with van der Waals surface area (Å²) >= 11 is 0. The van der Waals surface area contributed by atoms with Gasteiger partial charge in [0.05, 0.1) is 23.1 Å². The van der Waals surface area contributed by atoms with Crippen molar-refractivity contribution in [1.82, 2.24) is 9.29 Å². The van der Waals surface area contributed by atoms with Gasteiger partial charge >= 0.3 is 5.97 Å². The minimum atomic E-state index is -1.38. The highest BCUT2D eigenvalue weighted by molar-refractivity contribution is 7.82. The van der Waals surface area contributed by atoms with E-state index >= 15 is 0 Å². The minimum absolute atomic E-state index is 0.117. The van der Waals surface area contributed by atoms with E-state index in [1.54, 1.807) is 19.3 Å². The Kier molecular flexibility index (Phi) is 7.82. The molecule has 5 N–H and O–H groups in total. The number of nitrogens with two attached hydrogens (primary N) is 2. The zero-order chi connectivity index (χ0) is 29.5. The Bertz CT molecular complexity index is 1530. The van der Waals surface area contributed by atoms with E-state index in [0.717, 1.165) is 65.2 Å². The molecular formula is C31H38N6O4S. The lowest BCUT2D eigenvalue weighted by molar-refractivity contribution is -0.137. The van der Waals surface area contributed by atoms with E-state index in [0.29, 0.717) is 30.2 Å². The number of nitrogens with zero attached hydrogens (tertiary/aromatic N) is 4. The molecule has 1 saturated heterocycles. The number of hydrogen-bond acceptors (Lipinski definition) is 8. The quantitative estimate of drug-likeness (QED) is 0.192. The monoisotopic (exact) mass is 590 g/mol. The summed E-state index contributed by atoms with van der Waals surface area (Å²) in [6.45, 7) is 4.09. The Morgan fingerprint density at radius 2 is 2.02 bits per heavy atom. The van der Waals surface area contributed by atoms with Gasteiger partial charge in [-0.15, -0.1) is 0 Å². The van der Waals surface area contributed by atoms with Crippen LogP contribution in [0.2, 0.25) is 0 Å². The van der Waals surface area contributed by atoms with Crippen LogP contribution in [-0.2, 0) is 22.3 Å². The molecule has 3 aliphatic rings.